The van der Waals surface area contributed by atoms with Gasteiger partial charge in [0.1, 0.15) is 0 Å². The number of hydrogen-bond acceptors (Lipinski definition) is 2. The molecule has 0 atom stereocenters. The molecule has 1 aliphatic heterocycles. The Balaban J connectivity index is 2.40. The van der Waals surface area contributed by atoms with Gasteiger partial charge in [0.05, 0.1) is 0 Å². The molecule has 0 amide bonds. The number of rotatable bonds is 4. The summed E-state index contributed by atoms with van der Waals surface area (Å²) in [5.74, 6) is 0. The zero-order chi connectivity index (χ0) is 15.0. The smallest absolute Gasteiger partial charge is 0.270 e. The van der Waals surface area contributed by atoms with Crippen LogP contribution in [0.2, 0.25) is 6.32 Å². The van der Waals surface area contributed by atoms with Crippen molar-refractivity contribution in [1.29, 1.82) is 0 Å². The van der Waals surface area contributed by atoms with Crippen molar-refractivity contribution in [2.24, 2.45) is 0 Å². The minimum absolute atomic E-state index is 0.272. The molecule has 0 aromatic heterocycles. The minimum Gasteiger partial charge on any atom is -0.558 e. The average molecular weight is 275 g/mol. The molecule has 1 aromatic carbocycles. The van der Waals surface area contributed by atoms with Gasteiger partial charge >= 0.3 is 0 Å². The highest BCUT2D eigenvalue weighted by atomic mass is 16.7. The highest BCUT2D eigenvalue weighted by Gasteiger charge is 2.51. The predicted molar refractivity (Wildman–Crippen MR) is 86.6 cm³/mol. The molecule has 20 heavy (non-hydrogen) atoms. The molecule has 3 heteroatoms. The Morgan fingerprint density at radius 3 is 1.90 bits per heavy atom. The van der Waals surface area contributed by atoms with Crippen molar-refractivity contribution in [3.05, 3.63) is 29.8 Å². The first kappa shape index (κ1) is 15.6. The van der Waals surface area contributed by atoms with Crippen LogP contribution in [-0.4, -0.2) is 17.8 Å². The molecule has 2 rings (SSSR count). The van der Waals surface area contributed by atoms with Gasteiger partial charge in [0.15, 0.2) is 0 Å². The maximum absolute atomic E-state index is 6.52. The maximum Gasteiger partial charge on any atom is 0.270 e. The number of unbranched alkanes of at least 4 members (excludes halogenated alkanes) is 1. The van der Waals surface area contributed by atoms with Gasteiger partial charge in [-0.1, -0.05) is 49.6 Å². The molecule has 0 N–H and O–H groups in total. The van der Waals surface area contributed by atoms with Crippen LogP contribution >= 0.6 is 0 Å². The zero-order valence-electron chi connectivity index (χ0n) is 13.8. The van der Waals surface area contributed by atoms with Crippen molar-refractivity contribution in [3.63, 3.8) is 0 Å². The summed E-state index contributed by atoms with van der Waals surface area (Å²) in [7, 11) is 0. The molecule has 0 aliphatic carbocycles. The van der Waals surface area contributed by atoms with Gasteiger partial charge in [0.2, 0.25) is 0 Å². The van der Waals surface area contributed by atoms with Crippen LogP contribution < -0.4 is 5.46 Å². The summed E-state index contributed by atoms with van der Waals surface area (Å²) in [6.07, 6.45) is 3.25. The van der Waals surface area contributed by atoms with Gasteiger partial charge in [0, 0.05) is 11.2 Å². The fourth-order valence-electron chi connectivity index (χ4n) is 3.01. The number of aryl methyl sites for hydroxylation is 1. The second-order valence-corrected chi connectivity index (χ2v) is 7.18. The van der Waals surface area contributed by atoms with Gasteiger partial charge in [-0.3, -0.25) is 0 Å². The highest BCUT2D eigenvalue weighted by Crippen LogP contribution is 2.43. The van der Waals surface area contributed by atoms with Gasteiger partial charge in [0.25, 0.3) is 6.55 Å². The van der Waals surface area contributed by atoms with Crippen molar-refractivity contribution in [3.8, 4) is 0 Å². The Hall–Kier alpha value is -0.795. The van der Waals surface area contributed by atoms with Gasteiger partial charge in [-0.15, -0.1) is 6.32 Å². The first-order chi connectivity index (χ1) is 9.22. The topological polar surface area (TPSA) is 18.5 Å². The van der Waals surface area contributed by atoms with Gasteiger partial charge < -0.3 is 9.31 Å². The normalized spacial score (nSPS) is 22.9. The van der Waals surface area contributed by atoms with Crippen molar-refractivity contribution < 1.29 is 9.31 Å². The second-order valence-electron chi connectivity index (χ2n) is 7.18. The fraction of sp³-hybridized carbons (Fsp3) is 0.647. The van der Waals surface area contributed by atoms with Crippen LogP contribution in [0.15, 0.2) is 24.3 Å². The van der Waals surface area contributed by atoms with E-state index in [0.29, 0.717) is 0 Å². The molecule has 0 unspecified atom stereocenters. The number of hydrogen-bond donors (Lipinski definition) is 0. The molecular formula is C17H28BO2-. The molecule has 112 valence electrons. The van der Waals surface area contributed by atoms with Gasteiger partial charge in [-0.25, -0.2) is 0 Å². The Labute approximate surface area is 123 Å². The molecule has 1 aliphatic rings. The lowest BCUT2D eigenvalue weighted by molar-refractivity contribution is 0.00578. The second kappa shape index (κ2) is 5.20. The van der Waals surface area contributed by atoms with Crippen LogP contribution in [0.1, 0.15) is 53.0 Å². The highest BCUT2D eigenvalue weighted by molar-refractivity contribution is 6.81. The van der Waals surface area contributed by atoms with Crippen molar-refractivity contribution >= 4 is 12.0 Å². The summed E-state index contributed by atoms with van der Waals surface area (Å²) in [6, 6.07) is 8.64. The van der Waals surface area contributed by atoms with E-state index in [1.807, 2.05) is 0 Å². The Morgan fingerprint density at radius 1 is 0.950 bits per heavy atom. The molecule has 1 heterocycles. The van der Waals surface area contributed by atoms with E-state index in [9.17, 15) is 0 Å². The molecule has 0 saturated carbocycles. The van der Waals surface area contributed by atoms with E-state index in [0.717, 1.165) is 19.2 Å². The summed E-state index contributed by atoms with van der Waals surface area (Å²) in [6.45, 7) is 11.5. The largest absolute Gasteiger partial charge is 0.558 e. The molecule has 2 nitrogen and oxygen atoms in total. The Morgan fingerprint density at radius 2 is 1.45 bits per heavy atom. The summed E-state index contributed by atoms with van der Waals surface area (Å²) < 4.78 is 13.0. The molecular weight excluding hydrogens is 247 g/mol. The monoisotopic (exact) mass is 275 g/mol. The fourth-order valence-corrected chi connectivity index (χ4v) is 3.01. The average Bonchev–Trinajstić information content (AvgIpc) is 2.54. The van der Waals surface area contributed by atoms with E-state index in [1.54, 1.807) is 0 Å². The zero-order valence-corrected chi connectivity index (χ0v) is 13.8. The van der Waals surface area contributed by atoms with E-state index in [-0.39, 0.29) is 11.2 Å². The summed E-state index contributed by atoms with van der Waals surface area (Å²) in [5, 5.41) is 0. The minimum atomic E-state index is -1.38. The molecule has 0 spiro atoms. The van der Waals surface area contributed by atoms with Crippen LogP contribution in [0.25, 0.3) is 0 Å². The Kier molecular flexibility index (Phi) is 4.05. The van der Waals surface area contributed by atoms with Crippen LogP contribution in [-0.2, 0) is 9.31 Å². The third kappa shape index (κ3) is 2.66. The van der Waals surface area contributed by atoms with E-state index in [2.05, 4.69) is 65.8 Å². The van der Waals surface area contributed by atoms with Crippen LogP contribution in [0.5, 0.6) is 0 Å². The lowest BCUT2D eigenvalue weighted by Crippen LogP contribution is -2.51. The predicted octanol–water partition coefficient (Wildman–Crippen LogP) is 4.05. The third-order valence-corrected chi connectivity index (χ3v) is 4.94. The van der Waals surface area contributed by atoms with Crippen LogP contribution in [0, 0.1) is 6.92 Å². The van der Waals surface area contributed by atoms with E-state index in [4.69, 9.17) is 9.31 Å². The number of benzene rings is 1. The SMILES string of the molecule is CCCC[B-]1(c2ccc(C)cc2)OC(C)(C)C(C)(C)O1. The van der Waals surface area contributed by atoms with Gasteiger partial charge in [-0.05, 0) is 34.6 Å². The summed E-state index contributed by atoms with van der Waals surface area (Å²) >= 11 is 0. The lowest BCUT2D eigenvalue weighted by atomic mass is 9.48. The van der Waals surface area contributed by atoms with Crippen molar-refractivity contribution in [1.82, 2.24) is 0 Å². The van der Waals surface area contributed by atoms with E-state index < -0.39 is 6.55 Å². The molecule has 0 radical (unpaired) electrons. The quantitative estimate of drug-likeness (QED) is 0.772. The molecule has 1 aromatic rings. The molecule has 1 saturated heterocycles. The maximum atomic E-state index is 6.52. The van der Waals surface area contributed by atoms with Crippen LogP contribution in [0.3, 0.4) is 0 Å². The first-order valence-corrected chi connectivity index (χ1v) is 7.86. The third-order valence-electron chi connectivity index (χ3n) is 4.94. The lowest BCUT2D eigenvalue weighted by Gasteiger charge is -2.38. The molecule has 0 bridgehead atoms. The summed E-state index contributed by atoms with van der Waals surface area (Å²) in [5.41, 5.74) is 1.92. The van der Waals surface area contributed by atoms with E-state index in [1.165, 1.54) is 11.0 Å². The van der Waals surface area contributed by atoms with Crippen molar-refractivity contribution in [2.75, 3.05) is 0 Å². The van der Waals surface area contributed by atoms with Crippen molar-refractivity contribution in [2.45, 2.75) is 71.9 Å². The van der Waals surface area contributed by atoms with Crippen LogP contribution in [0.4, 0.5) is 0 Å². The standard InChI is InChI=1S/C17H28BO2/c1-7-8-13-18(15-11-9-14(2)10-12-15)19-16(3,4)17(5,6)20-18/h9-12H,7-8,13H2,1-6H3/q-1. The summed E-state index contributed by atoms with van der Waals surface area (Å²) in [4.78, 5) is 0. The molecule has 1 fully saturated rings. The van der Waals surface area contributed by atoms with E-state index >= 15 is 0 Å². The van der Waals surface area contributed by atoms with Gasteiger partial charge in [-0.2, -0.15) is 5.46 Å². The first-order valence-electron chi connectivity index (χ1n) is 7.86. The Bertz CT molecular complexity index is 446.